The first-order valence-corrected chi connectivity index (χ1v) is 8.13. The molecule has 2 rings (SSSR count). The standard InChI is InChI=1S/C16H21N3O3S/c1-9-8-11(10(2)19(9)15-17-6-7-23-15)13(20)18-12(14(21)22)16(3,4)5/h6-8,12H,1-5H3,(H,18,20)(H,21,22)/t12-/m0/s1. The van der Waals surface area contributed by atoms with E-state index in [4.69, 9.17) is 0 Å². The zero-order valence-electron chi connectivity index (χ0n) is 13.9. The molecule has 0 saturated heterocycles. The molecule has 0 unspecified atom stereocenters. The third-order valence-corrected chi connectivity index (χ3v) is 4.43. The van der Waals surface area contributed by atoms with E-state index < -0.39 is 17.4 Å². The Hall–Kier alpha value is -2.15. The SMILES string of the molecule is Cc1cc(C(=O)N[C@@H](C(=O)O)C(C)(C)C)c(C)n1-c1nccs1. The highest BCUT2D eigenvalue weighted by Gasteiger charge is 2.33. The van der Waals surface area contributed by atoms with Crippen molar-refractivity contribution in [3.63, 3.8) is 0 Å². The van der Waals surface area contributed by atoms with Crippen LogP contribution in [-0.4, -0.2) is 32.6 Å². The number of carboxylic acid groups (broad SMARTS) is 1. The van der Waals surface area contributed by atoms with E-state index in [9.17, 15) is 14.7 Å². The van der Waals surface area contributed by atoms with Gasteiger partial charge < -0.3 is 10.4 Å². The Morgan fingerprint density at radius 2 is 2.00 bits per heavy atom. The van der Waals surface area contributed by atoms with Crippen LogP contribution in [0.2, 0.25) is 0 Å². The molecule has 0 saturated carbocycles. The molecule has 6 nitrogen and oxygen atoms in total. The number of carboxylic acids is 1. The second-order valence-electron chi connectivity index (χ2n) is 6.55. The van der Waals surface area contributed by atoms with Gasteiger partial charge in [-0.25, -0.2) is 9.78 Å². The molecule has 0 radical (unpaired) electrons. The molecular formula is C16H21N3O3S. The highest BCUT2D eigenvalue weighted by atomic mass is 32.1. The summed E-state index contributed by atoms with van der Waals surface area (Å²) in [6, 6.07) is 0.797. The van der Waals surface area contributed by atoms with Gasteiger partial charge in [0.2, 0.25) is 0 Å². The predicted molar refractivity (Wildman–Crippen MR) is 89.3 cm³/mol. The van der Waals surface area contributed by atoms with E-state index in [1.807, 2.05) is 23.8 Å². The maximum Gasteiger partial charge on any atom is 0.326 e. The fraction of sp³-hybridized carbons (Fsp3) is 0.438. The average Bonchev–Trinajstić information content (AvgIpc) is 3.02. The van der Waals surface area contributed by atoms with Gasteiger partial charge >= 0.3 is 5.97 Å². The fourth-order valence-electron chi connectivity index (χ4n) is 2.47. The molecule has 0 aromatic carbocycles. The Labute approximate surface area is 139 Å². The summed E-state index contributed by atoms with van der Waals surface area (Å²) < 4.78 is 1.90. The molecular weight excluding hydrogens is 314 g/mol. The lowest BCUT2D eigenvalue weighted by Crippen LogP contribution is -2.49. The fourth-order valence-corrected chi connectivity index (χ4v) is 3.22. The summed E-state index contributed by atoms with van der Waals surface area (Å²) in [5.41, 5.74) is 1.51. The van der Waals surface area contributed by atoms with Crippen molar-refractivity contribution in [1.29, 1.82) is 0 Å². The van der Waals surface area contributed by atoms with Crippen LogP contribution < -0.4 is 5.32 Å². The minimum absolute atomic E-state index is 0.386. The Balaban J connectivity index is 2.34. The molecule has 2 N–H and O–H groups in total. The molecule has 2 heterocycles. The number of carbonyl (C=O) groups excluding carboxylic acids is 1. The lowest BCUT2D eigenvalue weighted by atomic mass is 9.86. The smallest absolute Gasteiger partial charge is 0.326 e. The third kappa shape index (κ3) is 3.44. The average molecular weight is 335 g/mol. The van der Waals surface area contributed by atoms with E-state index in [0.717, 1.165) is 16.5 Å². The van der Waals surface area contributed by atoms with Gasteiger partial charge in [0.25, 0.3) is 5.91 Å². The largest absolute Gasteiger partial charge is 0.480 e. The number of aromatic nitrogens is 2. The molecule has 0 aliphatic heterocycles. The van der Waals surface area contributed by atoms with Crippen LogP contribution in [-0.2, 0) is 4.79 Å². The lowest BCUT2D eigenvalue weighted by Gasteiger charge is -2.27. The number of thiazole rings is 1. The summed E-state index contributed by atoms with van der Waals surface area (Å²) in [5.74, 6) is -1.43. The molecule has 0 aliphatic carbocycles. The summed E-state index contributed by atoms with van der Waals surface area (Å²) in [6.07, 6.45) is 1.71. The van der Waals surface area contributed by atoms with Crippen LogP contribution in [0.15, 0.2) is 17.6 Å². The maximum absolute atomic E-state index is 12.6. The number of hydrogen-bond acceptors (Lipinski definition) is 4. The van der Waals surface area contributed by atoms with Gasteiger partial charge in [0.1, 0.15) is 6.04 Å². The van der Waals surface area contributed by atoms with Crippen molar-refractivity contribution in [2.75, 3.05) is 0 Å². The van der Waals surface area contributed by atoms with E-state index in [1.165, 1.54) is 11.3 Å². The van der Waals surface area contributed by atoms with Crippen molar-refractivity contribution in [3.8, 4) is 5.13 Å². The lowest BCUT2D eigenvalue weighted by molar-refractivity contribution is -0.142. The van der Waals surface area contributed by atoms with Gasteiger partial charge in [-0.3, -0.25) is 9.36 Å². The van der Waals surface area contributed by atoms with Gasteiger partial charge in [0.05, 0.1) is 5.56 Å². The molecule has 23 heavy (non-hydrogen) atoms. The normalized spacial score (nSPS) is 12.9. The number of carbonyl (C=O) groups is 2. The highest BCUT2D eigenvalue weighted by molar-refractivity contribution is 7.12. The van der Waals surface area contributed by atoms with Crippen LogP contribution in [0.3, 0.4) is 0 Å². The number of rotatable bonds is 4. The zero-order valence-corrected chi connectivity index (χ0v) is 14.7. The van der Waals surface area contributed by atoms with E-state index in [-0.39, 0.29) is 5.91 Å². The van der Waals surface area contributed by atoms with Crippen molar-refractivity contribution in [2.45, 2.75) is 40.7 Å². The van der Waals surface area contributed by atoms with Gasteiger partial charge in [0, 0.05) is 23.0 Å². The molecule has 0 fully saturated rings. The molecule has 124 valence electrons. The minimum atomic E-state index is -1.04. The van der Waals surface area contributed by atoms with Crippen molar-refractivity contribution < 1.29 is 14.7 Å². The van der Waals surface area contributed by atoms with Gasteiger partial charge in [-0.15, -0.1) is 11.3 Å². The number of nitrogens with one attached hydrogen (secondary N) is 1. The molecule has 1 amide bonds. The van der Waals surface area contributed by atoms with Crippen molar-refractivity contribution >= 4 is 23.2 Å². The second-order valence-corrected chi connectivity index (χ2v) is 7.42. The van der Waals surface area contributed by atoms with Crippen LogP contribution in [0.1, 0.15) is 42.5 Å². The first kappa shape index (κ1) is 17.2. The van der Waals surface area contributed by atoms with Gasteiger partial charge in [-0.1, -0.05) is 20.8 Å². The first-order chi connectivity index (χ1) is 10.6. The molecule has 1 atom stereocenters. The quantitative estimate of drug-likeness (QED) is 0.900. The van der Waals surface area contributed by atoms with Crippen molar-refractivity contribution in [3.05, 3.63) is 34.6 Å². The van der Waals surface area contributed by atoms with Crippen molar-refractivity contribution in [2.24, 2.45) is 5.41 Å². The van der Waals surface area contributed by atoms with Crippen LogP contribution >= 0.6 is 11.3 Å². The van der Waals surface area contributed by atoms with Crippen LogP contribution in [0.5, 0.6) is 0 Å². The first-order valence-electron chi connectivity index (χ1n) is 7.25. The maximum atomic E-state index is 12.6. The minimum Gasteiger partial charge on any atom is -0.480 e. The molecule has 0 aliphatic rings. The van der Waals surface area contributed by atoms with E-state index in [1.54, 1.807) is 33.0 Å². The van der Waals surface area contributed by atoms with Gasteiger partial charge in [0.15, 0.2) is 5.13 Å². The number of hydrogen-bond donors (Lipinski definition) is 2. The molecule has 7 heteroatoms. The summed E-state index contributed by atoms with van der Waals surface area (Å²) in [4.78, 5) is 28.3. The Morgan fingerprint density at radius 1 is 1.35 bits per heavy atom. The summed E-state index contributed by atoms with van der Waals surface area (Å²) in [6.45, 7) is 9.07. The van der Waals surface area contributed by atoms with E-state index in [0.29, 0.717) is 5.56 Å². The monoisotopic (exact) mass is 335 g/mol. The van der Waals surface area contributed by atoms with Gasteiger partial charge in [-0.2, -0.15) is 0 Å². The van der Waals surface area contributed by atoms with Crippen molar-refractivity contribution in [1.82, 2.24) is 14.9 Å². The Kier molecular flexibility index (Phi) is 4.61. The summed E-state index contributed by atoms with van der Waals surface area (Å²) in [5, 5.41) is 14.6. The Bertz CT molecular complexity index is 727. The summed E-state index contributed by atoms with van der Waals surface area (Å²) in [7, 11) is 0. The highest BCUT2D eigenvalue weighted by Crippen LogP contribution is 2.24. The zero-order chi connectivity index (χ0) is 17.4. The van der Waals surface area contributed by atoms with Crippen LogP contribution in [0, 0.1) is 19.3 Å². The number of nitrogens with zero attached hydrogens (tertiary/aromatic N) is 2. The molecule has 0 spiro atoms. The Morgan fingerprint density at radius 3 is 2.48 bits per heavy atom. The van der Waals surface area contributed by atoms with Crippen LogP contribution in [0.25, 0.3) is 5.13 Å². The second kappa shape index (κ2) is 6.16. The number of aliphatic carboxylic acids is 1. The third-order valence-electron chi connectivity index (χ3n) is 3.67. The van der Waals surface area contributed by atoms with Crippen LogP contribution in [0.4, 0.5) is 0 Å². The van der Waals surface area contributed by atoms with Gasteiger partial charge in [-0.05, 0) is 25.3 Å². The topological polar surface area (TPSA) is 84.2 Å². The molecule has 2 aromatic heterocycles. The summed E-state index contributed by atoms with van der Waals surface area (Å²) >= 11 is 1.48. The molecule has 0 bridgehead atoms. The van der Waals surface area contributed by atoms with E-state index in [2.05, 4.69) is 10.3 Å². The molecule has 2 aromatic rings. The number of amides is 1. The number of aryl methyl sites for hydroxylation is 1. The predicted octanol–water partition coefficient (Wildman–Crippen LogP) is 2.78. The van der Waals surface area contributed by atoms with E-state index >= 15 is 0 Å².